The summed E-state index contributed by atoms with van der Waals surface area (Å²) in [7, 11) is 0. The molecule has 0 saturated carbocycles. The van der Waals surface area contributed by atoms with Crippen LogP contribution in [0.2, 0.25) is 0 Å². The quantitative estimate of drug-likeness (QED) is 0.915. The lowest BCUT2D eigenvalue weighted by molar-refractivity contribution is -0.118. The second-order valence-corrected chi connectivity index (χ2v) is 4.99. The molecule has 0 saturated heterocycles. The Hall–Kier alpha value is -2.23. The Bertz CT molecular complexity index is 560. The van der Waals surface area contributed by atoms with E-state index < -0.39 is 11.3 Å². The second-order valence-electron chi connectivity index (χ2n) is 4.99. The summed E-state index contributed by atoms with van der Waals surface area (Å²) in [6, 6.07) is 11.8. The molecule has 0 aliphatic heterocycles. The minimum absolute atomic E-state index is 0.0598. The number of rotatable bonds is 4. The van der Waals surface area contributed by atoms with E-state index in [1.807, 2.05) is 6.92 Å². The second kappa shape index (κ2) is 5.41. The van der Waals surface area contributed by atoms with Crippen molar-refractivity contribution in [2.45, 2.75) is 18.8 Å². The summed E-state index contributed by atoms with van der Waals surface area (Å²) < 4.78 is 26.1. The molecule has 0 radical (unpaired) electrons. The summed E-state index contributed by atoms with van der Waals surface area (Å²) in [6.45, 7) is 1.83. The SMILES string of the molecule is CC(CC(N)=O)(c1ccc(F)cc1)c1ccc(F)cc1. The lowest BCUT2D eigenvalue weighted by atomic mass is 9.73. The van der Waals surface area contributed by atoms with E-state index in [1.54, 1.807) is 24.3 Å². The number of benzene rings is 2. The molecule has 2 aromatic carbocycles. The van der Waals surface area contributed by atoms with E-state index in [4.69, 9.17) is 5.73 Å². The Morgan fingerprint density at radius 3 is 1.60 bits per heavy atom. The van der Waals surface area contributed by atoms with Crippen LogP contribution in [0.3, 0.4) is 0 Å². The van der Waals surface area contributed by atoms with Crippen molar-refractivity contribution in [3.8, 4) is 0 Å². The summed E-state index contributed by atoms with van der Waals surface area (Å²) in [5.41, 5.74) is 6.12. The van der Waals surface area contributed by atoms with E-state index in [0.29, 0.717) is 0 Å². The van der Waals surface area contributed by atoms with Gasteiger partial charge in [-0.3, -0.25) is 4.79 Å². The van der Waals surface area contributed by atoms with Crippen LogP contribution in [0, 0.1) is 11.6 Å². The fourth-order valence-electron chi connectivity index (χ4n) is 2.35. The molecular weight excluding hydrogens is 260 g/mol. The van der Waals surface area contributed by atoms with Crippen molar-refractivity contribution in [3.63, 3.8) is 0 Å². The minimum atomic E-state index is -0.715. The van der Waals surface area contributed by atoms with Gasteiger partial charge < -0.3 is 5.73 Å². The van der Waals surface area contributed by atoms with E-state index in [0.717, 1.165) is 11.1 Å². The Kier molecular flexibility index (Phi) is 3.84. The number of primary amides is 1. The van der Waals surface area contributed by atoms with Crippen molar-refractivity contribution in [1.82, 2.24) is 0 Å². The van der Waals surface area contributed by atoms with Crippen molar-refractivity contribution >= 4 is 5.91 Å². The maximum atomic E-state index is 13.1. The van der Waals surface area contributed by atoms with Crippen LogP contribution in [0.25, 0.3) is 0 Å². The van der Waals surface area contributed by atoms with Gasteiger partial charge in [0.25, 0.3) is 0 Å². The Labute approximate surface area is 116 Å². The third-order valence-corrected chi connectivity index (χ3v) is 3.49. The molecule has 2 N–H and O–H groups in total. The molecule has 20 heavy (non-hydrogen) atoms. The first-order valence-corrected chi connectivity index (χ1v) is 6.22. The molecule has 0 atom stereocenters. The van der Waals surface area contributed by atoms with Crippen LogP contribution < -0.4 is 5.73 Å². The van der Waals surface area contributed by atoms with Gasteiger partial charge in [-0.05, 0) is 35.4 Å². The Balaban J connectivity index is 2.52. The zero-order valence-electron chi connectivity index (χ0n) is 11.1. The number of carbonyl (C=O) groups excluding carboxylic acids is 1. The third-order valence-electron chi connectivity index (χ3n) is 3.49. The average molecular weight is 275 g/mol. The number of hydrogen-bond donors (Lipinski definition) is 1. The lowest BCUT2D eigenvalue weighted by Crippen LogP contribution is -2.30. The molecule has 0 bridgehead atoms. The van der Waals surface area contributed by atoms with Gasteiger partial charge in [0.05, 0.1) is 0 Å². The van der Waals surface area contributed by atoms with Gasteiger partial charge >= 0.3 is 0 Å². The van der Waals surface area contributed by atoms with Crippen molar-refractivity contribution < 1.29 is 13.6 Å². The normalized spacial score (nSPS) is 11.3. The molecule has 0 heterocycles. The molecule has 2 aromatic rings. The van der Waals surface area contributed by atoms with Crippen molar-refractivity contribution in [1.29, 1.82) is 0 Å². The predicted molar refractivity (Wildman–Crippen MR) is 73.1 cm³/mol. The monoisotopic (exact) mass is 275 g/mol. The van der Waals surface area contributed by atoms with Crippen LogP contribution in [-0.2, 0) is 10.2 Å². The van der Waals surface area contributed by atoms with E-state index in [2.05, 4.69) is 0 Å². The molecular formula is C16H15F2NO. The molecule has 1 amide bonds. The number of nitrogens with two attached hydrogens (primary N) is 1. The lowest BCUT2D eigenvalue weighted by Gasteiger charge is -2.29. The zero-order chi connectivity index (χ0) is 14.8. The first-order valence-electron chi connectivity index (χ1n) is 6.22. The molecule has 0 aliphatic carbocycles. The topological polar surface area (TPSA) is 43.1 Å². The van der Waals surface area contributed by atoms with Crippen molar-refractivity contribution in [2.24, 2.45) is 5.73 Å². The highest BCUT2D eigenvalue weighted by atomic mass is 19.1. The summed E-state index contributed by atoms with van der Waals surface area (Å²) in [4.78, 5) is 11.4. The van der Waals surface area contributed by atoms with E-state index in [1.165, 1.54) is 24.3 Å². The van der Waals surface area contributed by atoms with E-state index in [-0.39, 0.29) is 18.1 Å². The molecule has 4 heteroatoms. The highest BCUT2D eigenvalue weighted by Crippen LogP contribution is 2.35. The molecule has 0 aromatic heterocycles. The number of halogens is 2. The van der Waals surface area contributed by atoms with Crippen molar-refractivity contribution in [2.75, 3.05) is 0 Å². The highest BCUT2D eigenvalue weighted by molar-refractivity contribution is 5.76. The Morgan fingerprint density at radius 1 is 0.950 bits per heavy atom. The van der Waals surface area contributed by atoms with E-state index in [9.17, 15) is 13.6 Å². The molecule has 0 spiro atoms. The maximum Gasteiger partial charge on any atom is 0.218 e. The Morgan fingerprint density at radius 2 is 1.30 bits per heavy atom. The molecule has 2 nitrogen and oxygen atoms in total. The van der Waals surface area contributed by atoms with Gasteiger partial charge in [0.15, 0.2) is 0 Å². The average Bonchev–Trinajstić information content (AvgIpc) is 2.39. The van der Waals surface area contributed by atoms with Gasteiger partial charge in [-0.2, -0.15) is 0 Å². The van der Waals surface area contributed by atoms with Gasteiger partial charge in [-0.1, -0.05) is 31.2 Å². The number of amides is 1. The maximum absolute atomic E-state index is 13.1. The first kappa shape index (κ1) is 14.2. The third kappa shape index (κ3) is 2.85. The first-order chi connectivity index (χ1) is 9.41. The molecule has 104 valence electrons. The fourth-order valence-corrected chi connectivity index (χ4v) is 2.35. The summed E-state index contributed by atoms with van der Waals surface area (Å²) >= 11 is 0. The van der Waals surface area contributed by atoms with Crippen LogP contribution in [0.15, 0.2) is 48.5 Å². The smallest absolute Gasteiger partial charge is 0.218 e. The summed E-state index contributed by atoms with van der Waals surface area (Å²) in [5, 5.41) is 0. The summed E-state index contributed by atoms with van der Waals surface area (Å²) in [6.07, 6.45) is 0.0598. The number of hydrogen-bond acceptors (Lipinski definition) is 1. The largest absolute Gasteiger partial charge is 0.370 e. The van der Waals surface area contributed by atoms with Crippen LogP contribution >= 0.6 is 0 Å². The molecule has 0 unspecified atom stereocenters. The van der Waals surface area contributed by atoms with Gasteiger partial charge in [0, 0.05) is 11.8 Å². The zero-order valence-corrected chi connectivity index (χ0v) is 11.1. The van der Waals surface area contributed by atoms with Gasteiger partial charge in [-0.25, -0.2) is 8.78 Å². The van der Waals surface area contributed by atoms with Gasteiger partial charge in [0.2, 0.25) is 5.91 Å². The van der Waals surface area contributed by atoms with Crippen LogP contribution in [0.5, 0.6) is 0 Å². The predicted octanol–water partition coefficient (Wildman–Crippen LogP) is 3.15. The van der Waals surface area contributed by atoms with Crippen molar-refractivity contribution in [3.05, 3.63) is 71.3 Å². The standard InChI is InChI=1S/C16H15F2NO/c1-16(10-15(19)20,11-2-6-13(17)7-3-11)12-4-8-14(18)9-5-12/h2-9H,10H2,1H3,(H2,19,20). The molecule has 2 rings (SSSR count). The van der Waals surface area contributed by atoms with Crippen LogP contribution in [-0.4, -0.2) is 5.91 Å². The van der Waals surface area contributed by atoms with Crippen LogP contribution in [0.1, 0.15) is 24.5 Å². The molecule has 0 fully saturated rings. The van der Waals surface area contributed by atoms with Gasteiger partial charge in [0.1, 0.15) is 11.6 Å². The number of carbonyl (C=O) groups is 1. The highest BCUT2D eigenvalue weighted by Gasteiger charge is 2.31. The summed E-state index contributed by atoms with van der Waals surface area (Å²) in [5.74, 6) is -1.18. The fraction of sp³-hybridized carbons (Fsp3) is 0.188. The minimum Gasteiger partial charge on any atom is -0.370 e. The van der Waals surface area contributed by atoms with E-state index >= 15 is 0 Å². The molecule has 0 aliphatic rings. The van der Waals surface area contributed by atoms with Gasteiger partial charge in [-0.15, -0.1) is 0 Å². The van der Waals surface area contributed by atoms with Crippen LogP contribution in [0.4, 0.5) is 8.78 Å².